The van der Waals surface area contributed by atoms with E-state index in [2.05, 4.69) is 53.4 Å². The average Bonchev–Trinajstić information content (AvgIpc) is 2.54. The monoisotopic (exact) mass is 284 g/mol. The van der Waals surface area contributed by atoms with E-state index >= 15 is 0 Å². The van der Waals surface area contributed by atoms with Gasteiger partial charge in [0.1, 0.15) is 0 Å². The molecule has 1 aliphatic rings. The molecule has 1 heterocycles. The summed E-state index contributed by atoms with van der Waals surface area (Å²) in [5, 5.41) is 3.73. The predicted molar refractivity (Wildman–Crippen MR) is 90.3 cm³/mol. The van der Waals surface area contributed by atoms with Gasteiger partial charge in [-0.2, -0.15) is 0 Å². The molecular weight excluding hydrogens is 256 g/mol. The van der Waals surface area contributed by atoms with Gasteiger partial charge in [-0.1, -0.05) is 37.3 Å². The maximum atomic E-state index is 5.43. The van der Waals surface area contributed by atoms with Crippen LogP contribution >= 0.6 is 0 Å². The number of rotatable bonds is 7. The molecule has 1 saturated heterocycles. The van der Waals surface area contributed by atoms with E-state index in [9.17, 15) is 0 Å². The zero-order valence-corrected chi connectivity index (χ0v) is 13.2. The average molecular weight is 284 g/mol. The topological polar surface area (TPSA) is 15.3 Å². The number of hydrogen-bond donors (Lipinski definition) is 1. The Labute approximate surface area is 129 Å². The zero-order chi connectivity index (χ0) is 14.9. The van der Waals surface area contributed by atoms with Crippen LogP contribution in [0.2, 0.25) is 0 Å². The van der Waals surface area contributed by atoms with Gasteiger partial charge in [-0.05, 0) is 44.3 Å². The molecule has 1 fully saturated rings. The predicted octanol–water partition coefficient (Wildman–Crippen LogP) is 3.09. The van der Waals surface area contributed by atoms with E-state index < -0.39 is 0 Å². The number of hydrogen-bond acceptors (Lipinski definition) is 2. The molecule has 0 aromatic heterocycles. The first kappa shape index (κ1) is 16.1. The van der Waals surface area contributed by atoms with Gasteiger partial charge in [0.25, 0.3) is 0 Å². The first-order chi connectivity index (χ1) is 10.3. The van der Waals surface area contributed by atoms with Crippen LogP contribution in [0.4, 0.5) is 0 Å². The van der Waals surface area contributed by atoms with Crippen LogP contribution in [0.3, 0.4) is 0 Å². The molecule has 21 heavy (non-hydrogen) atoms. The second kappa shape index (κ2) is 8.87. The van der Waals surface area contributed by atoms with Crippen LogP contribution < -0.4 is 5.32 Å². The van der Waals surface area contributed by atoms with Gasteiger partial charge in [-0.15, -0.1) is 12.3 Å². The minimum Gasteiger partial charge on any atom is -0.310 e. The van der Waals surface area contributed by atoms with Crippen LogP contribution in [0.1, 0.15) is 38.2 Å². The fourth-order valence-electron chi connectivity index (χ4n) is 3.05. The van der Waals surface area contributed by atoms with Crippen molar-refractivity contribution in [3.8, 4) is 12.3 Å². The number of likely N-dealkylation sites (tertiary alicyclic amines) is 1. The molecule has 0 spiro atoms. The molecule has 0 amide bonds. The molecule has 1 unspecified atom stereocenters. The van der Waals surface area contributed by atoms with E-state index in [0.29, 0.717) is 12.1 Å². The molecule has 2 heteroatoms. The van der Waals surface area contributed by atoms with Gasteiger partial charge < -0.3 is 10.2 Å². The SMILES string of the molecule is C#CCC(CC)NC1CCN(CCc2ccccc2)CC1. The summed E-state index contributed by atoms with van der Waals surface area (Å²) in [7, 11) is 0. The minimum atomic E-state index is 0.496. The van der Waals surface area contributed by atoms with Crippen LogP contribution in [-0.4, -0.2) is 36.6 Å². The number of benzene rings is 1. The van der Waals surface area contributed by atoms with Crippen molar-refractivity contribution in [2.24, 2.45) is 0 Å². The van der Waals surface area contributed by atoms with Crippen LogP contribution in [0.5, 0.6) is 0 Å². The largest absolute Gasteiger partial charge is 0.310 e. The third-order valence-corrected chi connectivity index (χ3v) is 4.48. The summed E-state index contributed by atoms with van der Waals surface area (Å²) < 4.78 is 0. The Morgan fingerprint density at radius 2 is 2.00 bits per heavy atom. The molecule has 1 atom stereocenters. The Bertz CT molecular complexity index is 427. The van der Waals surface area contributed by atoms with Crippen molar-refractivity contribution in [2.75, 3.05) is 19.6 Å². The van der Waals surface area contributed by atoms with Crippen molar-refractivity contribution in [2.45, 2.75) is 51.1 Å². The molecule has 0 bridgehead atoms. The van der Waals surface area contributed by atoms with Gasteiger partial charge in [0.05, 0.1) is 0 Å². The number of piperidine rings is 1. The lowest BCUT2D eigenvalue weighted by Gasteiger charge is -2.34. The van der Waals surface area contributed by atoms with Crippen molar-refractivity contribution < 1.29 is 0 Å². The Kier molecular flexibility index (Phi) is 6.79. The first-order valence-corrected chi connectivity index (χ1v) is 8.27. The summed E-state index contributed by atoms with van der Waals surface area (Å²) in [5.41, 5.74) is 1.44. The second-order valence-electron chi connectivity index (χ2n) is 6.03. The molecular formula is C19H28N2. The lowest BCUT2D eigenvalue weighted by molar-refractivity contribution is 0.192. The second-order valence-corrected chi connectivity index (χ2v) is 6.03. The fourth-order valence-corrected chi connectivity index (χ4v) is 3.05. The highest BCUT2D eigenvalue weighted by Gasteiger charge is 2.20. The highest BCUT2D eigenvalue weighted by atomic mass is 15.1. The Morgan fingerprint density at radius 1 is 1.29 bits per heavy atom. The quantitative estimate of drug-likeness (QED) is 0.774. The van der Waals surface area contributed by atoms with Gasteiger partial charge in [0, 0.05) is 25.0 Å². The van der Waals surface area contributed by atoms with Gasteiger partial charge in [-0.3, -0.25) is 0 Å². The van der Waals surface area contributed by atoms with E-state index in [1.165, 1.54) is 38.0 Å². The van der Waals surface area contributed by atoms with Crippen molar-refractivity contribution in [1.29, 1.82) is 0 Å². The first-order valence-electron chi connectivity index (χ1n) is 8.27. The molecule has 0 saturated carbocycles. The Morgan fingerprint density at radius 3 is 2.62 bits per heavy atom. The lowest BCUT2D eigenvalue weighted by Crippen LogP contribution is -2.46. The highest BCUT2D eigenvalue weighted by Crippen LogP contribution is 2.13. The van der Waals surface area contributed by atoms with Gasteiger partial charge >= 0.3 is 0 Å². The van der Waals surface area contributed by atoms with Crippen molar-refractivity contribution in [3.05, 3.63) is 35.9 Å². The Hall–Kier alpha value is -1.30. The number of terminal acetylenes is 1. The normalized spacial score (nSPS) is 18.3. The zero-order valence-electron chi connectivity index (χ0n) is 13.2. The van der Waals surface area contributed by atoms with Crippen molar-refractivity contribution in [3.63, 3.8) is 0 Å². The maximum Gasteiger partial charge on any atom is 0.0240 e. The summed E-state index contributed by atoms with van der Waals surface area (Å²) in [6.07, 6.45) is 11.1. The van der Waals surface area contributed by atoms with Crippen molar-refractivity contribution in [1.82, 2.24) is 10.2 Å². The summed E-state index contributed by atoms with van der Waals surface area (Å²) in [5.74, 6) is 2.78. The molecule has 0 aliphatic carbocycles. The lowest BCUT2D eigenvalue weighted by atomic mass is 10.0. The fraction of sp³-hybridized carbons (Fsp3) is 0.579. The summed E-state index contributed by atoms with van der Waals surface area (Å²) >= 11 is 0. The summed E-state index contributed by atoms with van der Waals surface area (Å²) in [4.78, 5) is 2.59. The molecule has 0 radical (unpaired) electrons. The van der Waals surface area contributed by atoms with Crippen molar-refractivity contribution >= 4 is 0 Å². The molecule has 114 valence electrons. The molecule has 1 N–H and O–H groups in total. The van der Waals surface area contributed by atoms with E-state index in [-0.39, 0.29) is 0 Å². The smallest absolute Gasteiger partial charge is 0.0240 e. The number of nitrogens with zero attached hydrogens (tertiary/aromatic N) is 1. The van der Waals surface area contributed by atoms with Gasteiger partial charge in [-0.25, -0.2) is 0 Å². The van der Waals surface area contributed by atoms with Crippen LogP contribution in [-0.2, 0) is 6.42 Å². The third kappa shape index (κ3) is 5.53. The van der Waals surface area contributed by atoms with Gasteiger partial charge in [0.2, 0.25) is 0 Å². The van der Waals surface area contributed by atoms with E-state index in [1.807, 2.05) is 0 Å². The van der Waals surface area contributed by atoms with Crippen LogP contribution in [0, 0.1) is 12.3 Å². The standard InChI is InChI=1S/C19H28N2/c1-3-8-18(4-2)20-19-12-15-21(16-13-19)14-11-17-9-6-5-7-10-17/h1,5-7,9-10,18-20H,4,8,11-16H2,2H3. The van der Waals surface area contributed by atoms with Crippen LogP contribution in [0.15, 0.2) is 30.3 Å². The van der Waals surface area contributed by atoms with E-state index in [0.717, 1.165) is 19.3 Å². The summed E-state index contributed by atoms with van der Waals surface area (Å²) in [6, 6.07) is 11.9. The van der Waals surface area contributed by atoms with E-state index in [4.69, 9.17) is 6.42 Å². The minimum absolute atomic E-state index is 0.496. The molecule has 2 rings (SSSR count). The highest BCUT2D eigenvalue weighted by molar-refractivity contribution is 5.14. The summed E-state index contributed by atoms with van der Waals surface area (Å²) in [6.45, 7) is 5.80. The molecule has 1 aromatic rings. The van der Waals surface area contributed by atoms with Crippen LogP contribution in [0.25, 0.3) is 0 Å². The Balaban J connectivity index is 1.67. The van der Waals surface area contributed by atoms with E-state index in [1.54, 1.807) is 0 Å². The molecule has 1 aliphatic heterocycles. The third-order valence-electron chi connectivity index (χ3n) is 4.48. The molecule has 1 aromatic carbocycles. The molecule has 2 nitrogen and oxygen atoms in total. The number of nitrogens with one attached hydrogen (secondary N) is 1. The van der Waals surface area contributed by atoms with Gasteiger partial charge in [0.15, 0.2) is 0 Å². The maximum absolute atomic E-state index is 5.43.